The van der Waals surface area contributed by atoms with Crippen molar-refractivity contribution in [2.45, 2.75) is 19.8 Å². The van der Waals surface area contributed by atoms with Gasteiger partial charge in [0, 0.05) is 18.7 Å². The molecular formula is C15H20N4. The fraction of sp³-hybridized carbons (Fsp3) is 0.333. The van der Waals surface area contributed by atoms with Crippen LogP contribution in [0.15, 0.2) is 36.4 Å². The van der Waals surface area contributed by atoms with Gasteiger partial charge in [-0.3, -0.25) is 0 Å². The highest BCUT2D eigenvalue weighted by atomic mass is 15.2. The first-order valence-corrected chi connectivity index (χ1v) is 6.58. The highest BCUT2D eigenvalue weighted by Crippen LogP contribution is 2.21. The van der Waals surface area contributed by atoms with Crippen LogP contribution in [0, 0.1) is 0 Å². The van der Waals surface area contributed by atoms with Crippen LogP contribution in [0.1, 0.15) is 25.3 Å². The minimum absolute atomic E-state index is 0.544. The lowest BCUT2D eigenvalue weighted by Gasteiger charge is -2.07. The fourth-order valence-corrected chi connectivity index (χ4v) is 1.82. The Hall–Kier alpha value is -1.94. The number of rotatable bonds is 5. The standard InChI is InChI=1S/C15H20N4/c1-11(2)12-3-5-13(6-4-12)14-7-8-15(19-18-14)17-10-9-16/h3-8,11H,9-10,16H2,1-2H3,(H,17,19). The third-order valence-electron chi connectivity index (χ3n) is 2.99. The predicted molar refractivity (Wildman–Crippen MR) is 79.1 cm³/mol. The van der Waals surface area contributed by atoms with Crippen molar-refractivity contribution in [2.75, 3.05) is 18.4 Å². The molecule has 0 amide bonds. The van der Waals surface area contributed by atoms with Crippen LogP contribution in [0.4, 0.5) is 5.82 Å². The maximum absolute atomic E-state index is 5.43. The lowest BCUT2D eigenvalue weighted by Crippen LogP contribution is -2.14. The quantitative estimate of drug-likeness (QED) is 0.863. The molecule has 1 heterocycles. The van der Waals surface area contributed by atoms with Crippen LogP contribution in [0.5, 0.6) is 0 Å². The third-order valence-corrected chi connectivity index (χ3v) is 2.99. The van der Waals surface area contributed by atoms with E-state index < -0.39 is 0 Å². The summed E-state index contributed by atoms with van der Waals surface area (Å²) in [5, 5.41) is 11.5. The van der Waals surface area contributed by atoms with Crippen LogP contribution in [0.25, 0.3) is 11.3 Å². The molecule has 0 unspecified atom stereocenters. The molecule has 2 rings (SSSR count). The van der Waals surface area contributed by atoms with E-state index in [0.717, 1.165) is 17.1 Å². The van der Waals surface area contributed by atoms with E-state index in [0.29, 0.717) is 19.0 Å². The van der Waals surface area contributed by atoms with Crippen LogP contribution in [-0.2, 0) is 0 Å². The van der Waals surface area contributed by atoms with Crippen LogP contribution in [0.3, 0.4) is 0 Å². The van der Waals surface area contributed by atoms with Crippen LogP contribution in [0.2, 0.25) is 0 Å². The molecule has 0 aliphatic heterocycles. The van der Waals surface area contributed by atoms with Gasteiger partial charge < -0.3 is 11.1 Å². The predicted octanol–water partition coefficient (Wildman–Crippen LogP) is 2.64. The SMILES string of the molecule is CC(C)c1ccc(-c2ccc(NCCN)nn2)cc1. The van der Waals surface area contributed by atoms with Gasteiger partial charge in [-0.2, -0.15) is 0 Å². The zero-order valence-corrected chi connectivity index (χ0v) is 11.4. The topological polar surface area (TPSA) is 63.8 Å². The minimum atomic E-state index is 0.544. The maximum atomic E-state index is 5.43. The maximum Gasteiger partial charge on any atom is 0.148 e. The van der Waals surface area contributed by atoms with Gasteiger partial charge in [-0.25, -0.2) is 0 Å². The minimum Gasteiger partial charge on any atom is -0.367 e. The first-order valence-electron chi connectivity index (χ1n) is 6.58. The Bertz CT molecular complexity index is 503. The Morgan fingerprint density at radius 3 is 2.32 bits per heavy atom. The van der Waals surface area contributed by atoms with Crippen LogP contribution in [-0.4, -0.2) is 23.3 Å². The fourth-order valence-electron chi connectivity index (χ4n) is 1.82. The molecule has 2 aromatic rings. The number of hydrogen-bond acceptors (Lipinski definition) is 4. The largest absolute Gasteiger partial charge is 0.367 e. The van der Waals surface area contributed by atoms with E-state index in [9.17, 15) is 0 Å². The molecule has 1 aromatic heterocycles. The zero-order valence-electron chi connectivity index (χ0n) is 11.4. The molecule has 0 atom stereocenters. The number of hydrogen-bond donors (Lipinski definition) is 2. The second-order valence-corrected chi connectivity index (χ2v) is 4.80. The summed E-state index contributed by atoms with van der Waals surface area (Å²) >= 11 is 0. The van der Waals surface area contributed by atoms with E-state index >= 15 is 0 Å². The normalized spacial score (nSPS) is 10.7. The third kappa shape index (κ3) is 3.51. The van der Waals surface area contributed by atoms with Gasteiger partial charge in [0.05, 0.1) is 5.69 Å². The van der Waals surface area contributed by atoms with Crippen molar-refractivity contribution < 1.29 is 0 Å². The molecule has 0 bridgehead atoms. The van der Waals surface area contributed by atoms with Crippen molar-refractivity contribution in [2.24, 2.45) is 5.73 Å². The average molecular weight is 256 g/mol. The number of aromatic nitrogens is 2. The van der Waals surface area contributed by atoms with Crippen molar-refractivity contribution in [3.8, 4) is 11.3 Å². The van der Waals surface area contributed by atoms with E-state index in [1.165, 1.54) is 5.56 Å². The van der Waals surface area contributed by atoms with Gasteiger partial charge in [-0.1, -0.05) is 38.1 Å². The Kier molecular flexibility index (Phi) is 4.47. The summed E-state index contributed by atoms with van der Waals surface area (Å²) in [6.45, 7) is 5.66. The van der Waals surface area contributed by atoms with Gasteiger partial charge in [0.2, 0.25) is 0 Å². The Morgan fingerprint density at radius 2 is 1.79 bits per heavy atom. The van der Waals surface area contributed by atoms with Crippen LogP contribution >= 0.6 is 0 Å². The first-order chi connectivity index (χ1) is 9.20. The lowest BCUT2D eigenvalue weighted by molar-refractivity contribution is 0.867. The summed E-state index contributed by atoms with van der Waals surface area (Å²) in [7, 11) is 0. The highest BCUT2D eigenvalue weighted by molar-refractivity contribution is 5.60. The molecule has 100 valence electrons. The van der Waals surface area contributed by atoms with Crippen molar-refractivity contribution in [3.05, 3.63) is 42.0 Å². The molecule has 0 spiro atoms. The van der Waals surface area contributed by atoms with E-state index in [1.807, 2.05) is 12.1 Å². The van der Waals surface area contributed by atoms with Crippen molar-refractivity contribution in [3.63, 3.8) is 0 Å². The van der Waals surface area contributed by atoms with Gasteiger partial charge in [-0.15, -0.1) is 10.2 Å². The van der Waals surface area contributed by atoms with Gasteiger partial charge >= 0.3 is 0 Å². The molecule has 1 aromatic carbocycles. The van der Waals surface area contributed by atoms with Crippen molar-refractivity contribution in [1.29, 1.82) is 0 Å². The molecule has 0 aliphatic carbocycles. The summed E-state index contributed by atoms with van der Waals surface area (Å²) in [6, 6.07) is 12.4. The van der Waals surface area contributed by atoms with Gasteiger partial charge in [0.25, 0.3) is 0 Å². The smallest absolute Gasteiger partial charge is 0.148 e. The number of anilines is 1. The van der Waals surface area contributed by atoms with E-state index in [4.69, 9.17) is 5.73 Å². The van der Waals surface area contributed by atoms with Crippen molar-refractivity contribution >= 4 is 5.82 Å². The number of nitrogens with zero attached hydrogens (tertiary/aromatic N) is 2. The summed E-state index contributed by atoms with van der Waals surface area (Å²) in [4.78, 5) is 0. The van der Waals surface area contributed by atoms with E-state index in [1.54, 1.807) is 0 Å². The highest BCUT2D eigenvalue weighted by Gasteiger charge is 2.03. The summed E-state index contributed by atoms with van der Waals surface area (Å²) in [6.07, 6.45) is 0. The molecule has 0 fully saturated rings. The molecular weight excluding hydrogens is 236 g/mol. The summed E-state index contributed by atoms with van der Waals surface area (Å²) in [5.41, 5.74) is 8.72. The van der Waals surface area contributed by atoms with Gasteiger partial charge in [-0.05, 0) is 23.6 Å². The Morgan fingerprint density at radius 1 is 1.05 bits per heavy atom. The molecule has 19 heavy (non-hydrogen) atoms. The molecule has 0 saturated carbocycles. The zero-order chi connectivity index (χ0) is 13.7. The van der Waals surface area contributed by atoms with Gasteiger partial charge in [0.1, 0.15) is 5.82 Å². The summed E-state index contributed by atoms with van der Waals surface area (Å²) in [5.74, 6) is 1.30. The summed E-state index contributed by atoms with van der Waals surface area (Å²) < 4.78 is 0. The molecule has 4 nitrogen and oxygen atoms in total. The van der Waals surface area contributed by atoms with Crippen LogP contribution < -0.4 is 11.1 Å². The first kappa shape index (κ1) is 13.5. The molecule has 0 radical (unpaired) electrons. The second kappa shape index (κ2) is 6.29. The van der Waals surface area contributed by atoms with E-state index in [2.05, 4.69) is 53.6 Å². The molecule has 0 aliphatic rings. The number of nitrogens with one attached hydrogen (secondary N) is 1. The second-order valence-electron chi connectivity index (χ2n) is 4.80. The molecule has 0 saturated heterocycles. The average Bonchev–Trinajstić information content (AvgIpc) is 2.46. The van der Waals surface area contributed by atoms with E-state index in [-0.39, 0.29) is 0 Å². The Balaban J connectivity index is 2.13. The molecule has 4 heteroatoms. The lowest BCUT2D eigenvalue weighted by atomic mass is 10.0. The Labute approximate surface area is 114 Å². The number of nitrogens with two attached hydrogens (primary N) is 1. The monoisotopic (exact) mass is 256 g/mol. The number of benzene rings is 1. The van der Waals surface area contributed by atoms with Crippen molar-refractivity contribution in [1.82, 2.24) is 10.2 Å². The molecule has 3 N–H and O–H groups in total. The van der Waals surface area contributed by atoms with Gasteiger partial charge in [0.15, 0.2) is 0 Å².